The first-order chi connectivity index (χ1) is 11.7. The molecule has 2 aromatic heterocycles. The van der Waals surface area contributed by atoms with Gasteiger partial charge in [0.2, 0.25) is 5.82 Å². The minimum Gasteiger partial charge on any atom is -0.361 e. The van der Waals surface area contributed by atoms with Crippen LogP contribution in [-0.2, 0) is 0 Å². The van der Waals surface area contributed by atoms with E-state index in [1.165, 1.54) is 12.8 Å². The number of H-pyrrole nitrogens is 1. The molecule has 0 atom stereocenters. The summed E-state index contributed by atoms with van der Waals surface area (Å²) >= 11 is 0. The summed E-state index contributed by atoms with van der Waals surface area (Å²) in [6.45, 7) is 0. The van der Waals surface area contributed by atoms with Crippen molar-refractivity contribution in [3.63, 3.8) is 0 Å². The average Bonchev–Trinajstić information content (AvgIpc) is 3.31. The van der Waals surface area contributed by atoms with Crippen molar-refractivity contribution in [2.45, 2.75) is 31.7 Å². The van der Waals surface area contributed by atoms with E-state index >= 15 is 0 Å². The normalized spacial score (nSPS) is 15.0. The van der Waals surface area contributed by atoms with E-state index in [2.05, 4.69) is 21.0 Å². The van der Waals surface area contributed by atoms with Crippen LogP contribution in [0.4, 0.5) is 0 Å². The summed E-state index contributed by atoms with van der Waals surface area (Å²) in [5.74, 6) is 0.186. The van der Waals surface area contributed by atoms with Gasteiger partial charge in [-0.15, -0.1) is 0 Å². The van der Waals surface area contributed by atoms with E-state index in [0.29, 0.717) is 6.04 Å². The summed E-state index contributed by atoms with van der Waals surface area (Å²) in [4.78, 5) is 26.1. The van der Waals surface area contributed by atoms with Crippen LogP contribution in [0.1, 0.15) is 36.3 Å². The number of amides is 1. The zero-order valence-corrected chi connectivity index (χ0v) is 13.7. The second kappa shape index (κ2) is 6.07. The molecule has 0 spiro atoms. The van der Waals surface area contributed by atoms with Gasteiger partial charge in [0.1, 0.15) is 0 Å². The number of fused-ring (bicyclic) bond motifs is 1. The summed E-state index contributed by atoms with van der Waals surface area (Å²) in [6.07, 6.45) is 9.94. The molecule has 0 unspecified atom stereocenters. The smallest absolute Gasteiger partial charge is 0.291 e. The third kappa shape index (κ3) is 2.66. The first-order valence-corrected chi connectivity index (χ1v) is 8.39. The number of benzene rings is 1. The van der Waals surface area contributed by atoms with Crippen molar-refractivity contribution in [1.82, 2.24) is 19.9 Å². The Bertz CT molecular complexity index is 862. The Morgan fingerprint density at radius 2 is 1.88 bits per heavy atom. The maximum Gasteiger partial charge on any atom is 0.291 e. The second-order valence-electron chi connectivity index (χ2n) is 6.43. The Balaban J connectivity index is 1.56. The van der Waals surface area contributed by atoms with Gasteiger partial charge < -0.3 is 9.88 Å². The molecule has 5 heteroatoms. The minimum atomic E-state index is -0.0884. The number of carbonyl (C=O) groups is 1. The Hall–Kier alpha value is -2.69. The number of aromatic amines is 1. The lowest BCUT2D eigenvalue weighted by Crippen LogP contribution is -2.36. The highest BCUT2D eigenvalue weighted by molar-refractivity contribution is 5.91. The molecule has 1 fully saturated rings. The molecule has 2 heterocycles. The lowest BCUT2D eigenvalue weighted by atomic mass is 10.1. The fourth-order valence-electron chi connectivity index (χ4n) is 3.44. The van der Waals surface area contributed by atoms with Crippen molar-refractivity contribution < 1.29 is 4.79 Å². The van der Waals surface area contributed by atoms with E-state index in [-0.39, 0.29) is 11.7 Å². The predicted octanol–water partition coefficient (Wildman–Crippen LogP) is 3.64. The Morgan fingerprint density at radius 3 is 2.62 bits per heavy atom. The van der Waals surface area contributed by atoms with Crippen molar-refractivity contribution in [2.24, 2.45) is 0 Å². The van der Waals surface area contributed by atoms with Crippen molar-refractivity contribution >= 4 is 16.8 Å². The quantitative estimate of drug-likeness (QED) is 0.801. The van der Waals surface area contributed by atoms with Gasteiger partial charge in [0.15, 0.2) is 0 Å². The van der Waals surface area contributed by atoms with Crippen LogP contribution >= 0.6 is 0 Å². The third-order valence-corrected chi connectivity index (χ3v) is 4.92. The molecule has 1 aliphatic rings. The van der Waals surface area contributed by atoms with E-state index < -0.39 is 0 Å². The Kier molecular flexibility index (Phi) is 3.76. The summed E-state index contributed by atoms with van der Waals surface area (Å²) in [5.41, 5.74) is 3.06. The highest BCUT2D eigenvalue weighted by Crippen LogP contribution is 2.24. The number of aromatic nitrogens is 3. The lowest BCUT2D eigenvalue weighted by molar-refractivity contribution is 0.0722. The van der Waals surface area contributed by atoms with Crippen LogP contribution in [0.3, 0.4) is 0 Å². The van der Waals surface area contributed by atoms with Crippen molar-refractivity contribution in [3.8, 4) is 11.1 Å². The molecule has 1 aromatic carbocycles. The number of hydrogen-bond acceptors (Lipinski definition) is 3. The highest BCUT2D eigenvalue weighted by atomic mass is 16.2. The highest BCUT2D eigenvalue weighted by Gasteiger charge is 2.25. The molecule has 4 rings (SSSR count). The third-order valence-electron chi connectivity index (χ3n) is 4.92. The molecule has 5 nitrogen and oxygen atoms in total. The standard InChI is InChI=1S/C19H20N4O/c1-23(16-4-2-3-5-16)19(24)18-21-11-15(12-22-18)13-6-7-17-14(10-13)8-9-20-17/h6-12,16,20H,2-5H2,1H3. The summed E-state index contributed by atoms with van der Waals surface area (Å²) in [7, 11) is 1.86. The number of carbonyl (C=O) groups excluding carboxylic acids is 1. The van der Waals surface area contributed by atoms with E-state index in [1.807, 2.05) is 31.4 Å². The van der Waals surface area contributed by atoms with Crippen molar-refractivity contribution in [3.05, 3.63) is 48.7 Å². The molecule has 0 bridgehead atoms. The van der Waals surface area contributed by atoms with Crippen molar-refractivity contribution in [2.75, 3.05) is 7.05 Å². The summed E-state index contributed by atoms with van der Waals surface area (Å²) in [6, 6.07) is 8.53. The summed E-state index contributed by atoms with van der Waals surface area (Å²) < 4.78 is 0. The SMILES string of the molecule is CN(C(=O)c1ncc(-c2ccc3[nH]ccc3c2)cn1)C1CCCC1. The molecule has 122 valence electrons. The first-order valence-electron chi connectivity index (χ1n) is 8.39. The lowest BCUT2D eigenvalue weighted by Gasteiger charge is -2.23. The summed E-state index contributed by atoms with van der Waals surface area (Å²) in [5, 5.41) is 1.15. The Labute approximate surface area is 140 Å². The minimum absolute atomic E-state index is 0.0884. The molecule has 1 aliphatic carbocycles. The molecule has 1 N–H and O–H groups in total. The molecule has 0 radical (unpaired) electrons. The van der Waals surface area contributed by atoms with Crippen LogP contribution in [0.15, 0.2) is 42.9 Å². The number of rotatable bonds is 3. The van der Waals surface area contributed by atoms with E-state index in [4.69, 9.17) is 0 Å². The van der Waals surface area contributed by atoms with Gasteiger partial charge in [-0.1, -0.05) is 18.9 Å². The van der Waals surface area contributed by atoms with Crippen LogP contribution < -0.4 is 0 Å². The van der Waals surface area contributed by atoms with Gasteiger partial charge in [-0.2, -0.15) is 0 Å². The maximum absolute atomic E-state index is 12.5. The zero-order chi connectivity index (χ0) is 16.5. The second-order valence-corrected chi connectivity index (χ2v) is 6.43. The van der Waals surface area contributed by atoms with Crippen LogP contribution in [0, 0.1) is 0 Å². The number of hydrogen-bond donors (Lipinski definition) is 1. The largest absolute Gasteiger partial charge is 0.361 e. The van der Waals surface area contributed by atoms with Gasteiger partial charge >= 0.3 is 0 Å². The predicted molar refractivity (Wildman–Crippen MR) is 93.7 cm³/mol. The zero-order valence-electron chi connectivity index (χ0n) is 13.7. The van der Waals surface area contributed by atoms with Gasteiger partial charge in [-0.3, -0.25) is 4.79 Å². The molecule has 0 aliphatic heterocycles. The topological polar surface area (TPSA) is 61.9 Å². The van der Waals surface area contributed by atoms with Gasteiger partial charge in [-0.05, 0) is 42.0 Å². The maximum atomic E-state index is 12.5. The molecular weight excluding hydrogens is 300 g/mol. The van der Waals surface area contributed by atoms with Crippen LogP contribution in [-0.4, -0.2) is 38.8 Å². The van der Waals surface area contributed by atoms with Crippen molar-refractivity contribution in [1.29, 1.82) is 0 Å². The fraction of sp³-hybridized carbons (Fsp3) is 0.316. The molecule has 24 heavy (non-hydrogen) atoms. The van der Waals surface area contributed by atoms with E-state index in [1.54, 1.807) is 17.3 Å². The molecule has 3 aromatic rings. The molecule has 1 saturated carbocycles. The van der Waals surface area contributed by atoms with Crippen LogP contribution in [0.25, 0.3) is 22.0 Å². The fourth-order valence-corrected chi connectivity index (χ4v) is 3.44. The molecule has 0 saturated heterocycles. The van der Waals surface area contributed by atoms with E-state index in [9.17, 15) is 4.79 Å². The average molecular weight is 320 g/mol. The van der Waals surface area contributed by atoms with Gasteiger partial charge in [0.25, 0.3) is 5.91 Å². The molecule has 1 amide bonds. The molecular formula is C19H20N4O. The number of nitrogens with one attached hydrogen (secondary N) is 1. The van der Waals surface area contributed by atoms with Crippen LogP contribution in [0.5, 0.6) is 0 Å². The van der Waals surface area contributed by atoms with Gasteiger partial charge in [0, 0.05) is 42.8 Å². The van der Waals surface area contributed by atoms with Crippen LogP contribution in [0.2, 0.25) is 0 Å². The van der Waals surface area contributed by atoms with Gasteiger partial charge in [-0.25, -0.2) is 9.97 Å². The first kappa shape index (κ1) is 14.9. The Morgan fingerprint density at radius 1 is 1.12 bits per heavy atom. The monoisotopic (exact) mass is 320 g/mol. The number of nitrogens with zero attached hydrogens (tertiary/aromatic N) is 3. The van der Waals surface area contributed by atoms with E-state index in [0.717, 1.165) is 34.9 Å². The van der Waals surface area contributed by atoms with Gasteiger partial charge in [0.05, 0.1) is 0 Å².